The molecule has 1 atom stereocenters. The van der Waals surface area contributed by atoms with Gasteiger partial charge in [-0.1, -0.05) is 30.3 Å². The average Bonchev–Trinajstić information content (AvgIpc) is 2.68. The molecule has 0 aliphatic rings. The number of rotatable bonds is 3. The quantitative estimate of drug-likeness (QED) is 0.797. The number of hydrogen-bond donors (Lipinski definition) is 2. The predicted octanol–water partition coefficient (Wildman–Crippen LogP) is 2.03. The van der Waals surface area contributed by atoms with Crippen LogP contribution in [0.5, 0.6) is 0 Å². The zero-order valence-electron chi connectivity index (χ0n) is 8.99. The summed E-state index contributed by atoms with van der Waals surface area (Å²) in [4.78, 5) is 0. The van der Waals surface area contributed by atoms with Crippen LogP contribution in [0.3, 0.4) is 0 Å². The Morgan fingerprint density at radius 2 is 2.00 bits per heavy atom. The van der Waals surface area contributed by atoms with Gasteiger partial charge in [-0.2, -0.15) is 5.10 Å². The van der Waals surface area contributed by atoms with Crippen molar-refractivity contribution in [3.63, 3.8) is 0 Å². The third-order valence-corrected chi connectivity index (χ3v) is 2.60. The minimum atomic E-state index is 0.213. The molecule has 0 saturated heterocycles. The molecule has 0 fully saturated rings. The highest BCUT2D eigenvalue weighted by Crippen LogP contribution is 2.22. The molecule has 0 spiro atoms. The van der Waals surface area contributed by atoms with Crippen LogP contribution >= 0.6 is 0 Å². The van der Waals surface area contributed by atoms with Gasteiger partial charge >= 0.3 is 0 Å². The molecule has 78 valence electrons. The first-order valence-corrected chi connectivity index (χ1v) is 5.05. The molecule has 15 heavy (non-hydrogen) atoms. The number of nitrogens with zero attached hydrogens (tertiary/aromatic N) is 1. The van der Waals surface area contributed by atoms with Crippen LogP contribution in [0.15, 0.2) is 36.5 Å². The molecule has 3 nitrogen and oxygen atoms in total. The average molecular weight is 201 g/mol. The van der Waals surface area contributed by atoms with E-state index < -0.39 is 0 Å². The van der Waals surface area contributed by atoms with Crippen molar-refractivity contribution in [3.8, 4) is 0 Å². The first kappa shape index (κ1) is 9.93. The lowest BCUT2D eigenvalue weighted by atomic mass is 10.00. The third kappa shape index (κ3) is 1.92. The molecule has 1 unspecified atom stereocenters. The van der Waals surface area contributed by atoms with Crippen molar-refractivity contribution in [1.29, 1.82) is 0 Å². The molecule has 2 aromatic rings. The Morgan fingerprint density at radius 1 is 1.27 bits per heavy atom. The molecule has 1 aromatic carbocycles. The smallest absolute Gasteiger partial charge is 0.0608 e. The molecule has 0 saturated carbocycles. The van der Waals surface area contributed by atoms with Gasteiger partial charge in [0.25, 0.3) is 0 Å². The number of nitrogens with one attached hydrogen (secondary N) is 2. The van der Waals surface area contributed by atoms with Crippen LogP contribution in [0.2, 0.25) is 0 Å². The molecule has 2 rings (SSSR count). The summed E-state index contributed by atoms with van der Waals surface area (Å²) in [5.41, 5.74) is 3.56. The molecule has 2 N–H and O–H groups in total. The van der Waals surface area contributed by atoms with E-state index in [4.69, 9.17) is 0 Å². The fourth-order valence-electron chi connectivity index (χ4n) is 1.80. The topological polar surface area (TPSA) is 40.7 Å². The fraction of sp³-hybridized carbons (Fsp3) is 0.250. The van der Waals surface area contributed by atoms with Crippen molar-refractivity contribution >= 4 is 0 Å². The Morgan fingerprint density at radius 3 is 2.53 bits per heavy atom. The maximum absolute atomic E-state index is 4.05. The van der Waals surface area contributed by atoms with Crippen LogP contribution in [0, 0.1) is 6.92 Å². The molecule has 1 heterocycles. The van der Waals surface area contributed by atoms with E-state index in [1.54, 1.807) is 0 Å². The second-order valence-corrected chi connectivity index (χ2v) is 3.58. The lowest BCUT2D eigenvalue weighted by Gasteiger charge is -2.15. The second-order valence-electron chi connectivity index (χ2n) is 3.58. The fourth-order valence-corrected chi connectivity index (χ4v) is 1.80. The van der Waals surface area contributed by atoms with Gasteiger partial charge in [-0.25, -0.2) is 0 Å². The Bertz CT molecular complexity index is 419. The first-order chi connectivity index (χ1) is 7.33. The van der Waals surface area contributed by atoms with Crippen molar-refractivity contribution < 1.29 is 0 Å². The van der Waals surface area contributed by atoms with Crippen LogP contribution in [0.25, 0.3) is 0 Å². The Hall–Kier alpha value is -1.61. The highest BCUT2D eigenvalue weighted by atomic mass is 15.1. The largest absolute Gasteiger partial charge is 0.309 e. The van der Waals surface area contributed by atoms with Gasteiger partial charge in [-0.15, -0.1) is 0 Å². The van der Waals surface area contributed by atoms with E-state index in [9.17, 15) is 0 Å². The van der Waals surface area contributed by atoms with E-state index in [-0.39, 0.29) is 6.04 Å². The molecule has 3 heteroatoms. The van der Waals surface area contributed by atoms with Crippen molar-refractivity contribution in [2.24, 2.45) is 0 Å². The lowest BCUT2D eigenvalue weighted by molar-refractivity contribution is 0.688. The molecule has 0 aliphatic heterocycles. The summed E-state index contributed by atoms with van der Waals surface area (Å²) in [5, 5.41) is 10.3. The van der Waals surface area contributed by atoms with Crippen molar-refractivity contribution in [2.45, 2.75) is 13.0 Å². The summed E-state index contributed by atoms with van der Waals surface area (Å²) < 4.78 is 0. The van der Waals surface area contributed by atoms with Gasteiger partial charge in [0.1, 0.15) is 0 Å². The minimum Gasteiger partial charge on any atom is -0.309 e. The summed E-state index contributed by atoms with van der Waals surface area (Å²) in [5.74, 6) is 0. The molecule has 0 amide bonds. The lowest BCUT2D eigenvalue weighted by Crippen LogP contribution is -2.17. The highest BCUT2D eigenvalue weighted by Gasteiger charge is 2.14. The van der Waals surface area contributed by atoms with Crippen LogP contribution < -0.4 is 5.32 Å². The predicted molar refractivity (Wildman–Crippen MR) is 60.7 cm³/mol. The van der Waals surface area contributed by atoms with E-state index in [1.165, 1.54) is 11.1 Å². The number of H-pyrrole nitrogens is 1. The van der Waals surface area contributed by atoms with Crippen molar-refractivity contribution in [3.05, 3.63) is 53.3 Å². The summed E-state index contributed by atoms with van der Waals surface area (Å²) in [6, 6.07) is 10.6. The summed E-state index contributed by atoms with van der Waals surface area (Å²) in [6.45, 7) is 2.04. The highest BCUT2D eigenvalue weighted by molar-refractivity contribution is 5.32. The van der Waals surface area contributed by atoms with Crippen LogP contribution in [-0.4, -0.2) is 17.2 Å². The van der Waals surface area contributed by atoms with Crippen LogP contribution in [0.1, 0.15) is 22.9 Å². The van der Waals surface area contributed by atoms with E-state index in [1.807, 2.05) is 26.2 Å². The van der Waals surface area contributed by atoms with Crippen LogP contribution in [0.4, 0.5) is 0 Å². The summed E-state index contributed by atoms with van der Waals surface area (Å²) in [7, 11) is 1.96. The molecular weight excluding hydrogens is 186 g/mol. The van der Waals surface area contributed by atoms with Crippen molar-refractivity contribution in [1.82, 2.24) is 15.5 Å². The van der Waals surface area contributed by atoms with E-state index >= 15 is 0 Å². The Balaban J connectivity index is 2.37. The number of benzene rings is 1. The SMILES string of the molecule is CNC(c1ccccc1)c1cn[nH]c1C. The third-order valence-electron chi connectivity index (χ3n) is 2.60. The zero-order valence-corrected chi connectivity index (χ0v) is 8.99. The monoisotopic (exact) mass is 201 g/mol. The number of aromatic amines is 1. The van der Waals surface area contributed by atoms with E-state index in [0.717, 1.165) is 5.69 Å². The van der Waals surface area contributed by atoms with Gasteiger partial charge in [0.2, 0.25) is 0 Å². The maximum atomic E-state index is 4.05. The molecule has 1 aromatic heterocycles. The molecule has 0 bridgehead atoms. The van der Waals surface area contributed by atoms with Crippen molar-refractivity contribution in [2.75, 3.05) is 7.05 Å². The number of hydrogen-bond acceptors (Lipinski definition) is 2. The minimum absolute atomic E-state index is 0.213. The summed E-state index contributed by atoms with van der Waals surface area (Å²) in [6.07, 6.45) is 1.88. The van der Waals surface area contributed by atoms with Gasteiger partial charge in [-0.3, -0.25) is 5.10 Å². The second kappa shape index (κ2) is 4.28. The van der Waals surface area contributed by atoms with Crippen LogP contribution in [-0.2, 0) is 0 Å². The standard InChI is InChI=1S/C12H15N3/c1-9-11(8-14-15-9)12(13-2)10-6-4-3-5-7-10/h3-8,12-13H,1-2H3,(H,14,15). The number of aromatic nitrogens is 2. The first-order valence-electron chi connectivity index (χ1n) is 5.05. The van der Waals surface area contributed by atoms with E-state index in [2.05, 4.69) is 39.8 Å². The van der Waals surface area contributed by atoms with E-state index in [0.29, 0.717) is 0 Å². The van der Waals surface area contributed by atoms with Gasteiger partial charge < -0.3 is 5.32 Å². The van der Waals surface area contributed by atoms with Gasteiger partial charge in [-0.05, 0) is 19.5 Å². The van der Waals surface area contributed by atoms with Gasteiger partial charge in [0.15, 0.2) is 0 Å². The molecular formula is C12H15N3. The molecule has 0 aliphatic carbocycles. The Kier molecular flexibility index (Phi) is 2.83. The zero-order chi connectivity index (χ0) is 10.7. The Labute approximate surface area is 89.5 Å². The molecule has 0 radical (unpaired) electrons. The maximum Gasteiger partial charge on any atom is 0.0608 e. The van der Waals surface area contributed by atoms with Gasteiger partial charge in [0.05, 0.1) is 12.2 Å². The number of aryl methyl sites for hydroxylation is 1. The van der Waals surface area contributed by atoms with Gasteiger partial charge in [0, 0.05) is 11.3 Å². The normalized spacial score (nSPS) is 12.7. The summed E-state index contributed by atoms with van der Waals surface area (Å²) >= 11 is 0.